The maximum Gasteiger partial charge on any atom is 0.412 e. The quantitative estimate of drug-likeness (QED) is 0.373. The van der Waals surface area contributed by atoms with E-state index in [9.17, 15) is 9.59 Å². The number of ether oxygens (including phenoxy) is 2. The van der Waals surface area contributed by atoms with Crippen molar-refractivity contribution in [2.45, 2.75) is 19.8 Å². The minimum absolute atomic E-state index is 0.156. The lowest BCUT2D eigenvalue weighted by atomic mass is 10.3. The first-order valence-corrected chi connectivity index (χ1v) is 3.74. The molecule has 0 saturated heterocycles. The van der Waals surface area contributed by atoms with Gasteiger partial charge in [0.2, 0.25) is 0 Å². The highest BCUT2D eigenvalue weighted by atomic mass is 16.6. The SMILES string of the molecule is CCOCCCC(=O)OC(N)=O. The molecule has 12 heavy (non-hydrogen) atoms. The second kappa shape index (κ2) is 6.60. The van der Waals surface area contributed by atoms with Crippen LogP contribution in [0, 0.1) is 0 Å². The number of nitrogens with two attached hydrogens (primary N) is 1. The Labute approximate surface area is 70.8 Å². The third kappa shape index (κ3) is 7.01. The number of carbonyl (C=O) groups is 2. The van der Waals surface area contributed by atoms with Crippen molar-refractivity contribution in [1.29, 1.82) is 0 Å². The highest BCUT2D eigenvalue weighted by Gasteiger charge is 2.05. The standard InChI is InChI=1S/C7H13NO4/c1-2-11-5-3-4-6(9)12-7(8)10/h2-5H2,1H3,(H2,8,10). The highest BCUT2D eigenvalue weighted by molar-refractivity contribution is 5.83. The molecular weight excluding hydrogens is 162 g/mol. The van der Waals surface area contributed by atoms with E-state index in [1.165, 1.54) is 0 Å². The van der Waals surface area contributed by atoms with Crippen molar-refractivity contribution >= 4 is 12.1 Å². The molecule has 0 radical (unpaired) electrons. The van der Waals surface area contributed by atoms with Crippen LogP contribution in [0.5, 0.6) is 0 Å². The van der Waals surface area contributed by atoms with Gasteiger partial charge < -0.3 is 15.2 Å². The summed E-state index contributed by atoms with van der Waals surface area (Å²) in [6.45, 7) is 2.97. The fourth-order valence-corrected chi connectivity index (χ4v) is 0.626. The van der Waals surface area contributed by atoms with Gasteiger partial charge in [0.15, 0.2) is 0 Å². The molecule has 0 fully saturated rings. The molecular formula is C7H13NO4. The number of primary amides is 1. The van der Waals surface area contributed by atoms with Crippen LogP contribution in [0.15, 0.2) is 0 Å². The van der Waals surface area contributed by atoms with Gasteiger partial charge in [0, 0.05) is 19.6 Å². The summed E-state index contributed by atoms with van der Waals surface area (Å²) in [5.74, 6) is -0.609. The van der Waals surface area contributed by atoms with Gasteiger partial charge in [-0.1, -0.05) is 0 Å². The third-order valence-electron chi connectivity index (χ3n) is 1.09. The first-order valence-electron chi connectivity index (χ1n) is 3.74. The Morgan fingerprint density at radius 3 is 2.58 bits per heavy atom. The molecule has 2 N–H and O–H groups in total. The van der Waals surface area contributed by atoms with E-state index in [-0.39, 0.29) is 6.42 Å². The molecule has 0 unspecified atom stereocenters. The van der Waals surface area contributed by atoms with Crippen molar-refractivity contribution in [1.82, 2.24) is 0 Å². The Bertz CT molecular complexity index is 157. The minimum Gasteiger partial charge on any atom is -0.382 e. The van der Waals surface area contributed by atoms with Gasteiger partial charge in [-0.3, -0.25) is 4.79 Å². The summed E-state index contributed by atoms with van der Waals surface area (Å²) in [6.07, 6.45) is -0.362. The van der Waals surface area contributed by atoms with Crippen LogP contribution in [-0.2, 0) is 14.3 Å². The van der Waals surface area contributed by atoms with E-state index in [2.05, 4.69) is 10.5 Å². The van der Waals surface area contributed by atoms with E-state index >= 15 is 0 Å². The molecule has 0 bridgehead atoms. The number of amides is 1. The molecule has 5 heteroatoms. The van der Waals surface area contributed by atoms with Crippen molar-refractivity contribution in [3.8, 4) is 0 Å². The molecule has 0 rings (SSSR count). The Balaban J connectivity index is 3.26. The Kier molecular flexibility index (Phi) is 6.00. The van der Waals surface area contributed by atoms with Crippen LogP contribution in [0.25, 0.3) is 0 Å². The number of hydrogen-bond donors (Lipinski definition) is 1. The zero-order valence-electron chi connectivity index (χ0n) is 7.04. The third-order valence-corrected chi connectivity index (χ3v) is 1.09. The molecule has 0 atom stereocenters. The largest absolute Gasteiger partial charge is 0.412 e. The number of hydrogen-bond acceptors (Lipinski definition) is 4. The molecule has 70 valence electrons. The van der Waals surface area contributed by atoms with Crippen molar-refractivity contribution in [2.75, 3.05) is 13.2 Å². The number of carbonyl (C=O) groups excluding carboxylic acids is 2. The molecule has 0 heterocycles. The van der Waals surface area contributed by atoms with Crippen LogP contribution in [0.1, 0.15) is 19.8 Å². The molecule has 0 saturated carbocycles. The predicted octanol–water partition coefficient (Wildman–Crippen LogP) is 0.425. The predicted molar refractivity (Wildman–Crippen MR) is 41.4 cm³/mol. The lowest BCUT2D eigenvalue weighted by Crippen LogP contribution is -2.18. The Hall–Kier alpha value is -1.10. The molecule has 0 aromatic carbocycles. The van der Waals surface area contributed by atoms with Gasteiger partial charge >= 0.3 is 12.1 Å². The molecule has 1 amide bonds. The highest BCUT2D eigenvalue weighted by Crippen LogP contribution is 1.93. The van der Waals surface area contributed by atoms with Gasteiger partial charge in [0.05, 0.1) is 0 Å². The second-order valence-corrected chi connectivity index (χ2v) is 2.09. The van der Waals surface area contributed by atoms with Gasteiger partial charge in [-0.05, 0) is 13.3 Å². The van der Waals surface area contributed by atoms with Gasteiger partial charge in [-0.25, -0.2) is 4.79 Å². The van der Waals surface area contributed by atoms with Crippen molar-refractivity contribution in [3.63, 3.8) is 0 Å². The normalized spacial score (nSPS) is 9.42. The van der Waals surface area contributed by atoms with Gasteiger partial charge in [-0.15, -0.1) is 0 Å². The van der Waals surface area contributed by atoms with Gasteiger partial charge in [-0.2, -0.15) is 0 Å². The summed E-state index contributed by atoms with van der Waals surface area (Å²) in [5, 5.41) is 0. The topological polar surface area (TPSA) is 78.6 Å². The molecule has 0 aliphatic rings. The van der Waals surface area contributed by atoms with Crippen molar-refractivity contribution < 1.29 is 19.1 Å². The average molecular weight is 175 g/mol. The molecule has 5 nitrogen and oxygen atoms in total. The summed E-state index contributed by atoms with van der Waals surface area (Å²) in [6, 6.07) is 0. The molecule has 0 aliphatic carbocycles. The van der Waals surface area contributed by atoms with Crippen LogP contribution in [0.4, 0.5) is 4.79 Å². The van der Waals surface area contributed by atoms with E-state index in [4.69, 9.17) is 4.74 Å². The van der Waals surface area contributed by atoms with E-state index in [1.807, 2.05) is 6.92 Å². The van der Waals surface area contributed by atoms with Crippen molar-refractivity contribution in [3.05, 3.63) is 0 Å². The fraction of sp³-hybridized carbons (Fsp3) is 0.714. The molecule has 0 spiro atoms. The second-order valence-electron chi connectivity index (χ2n) is 2.09. The molecule has 0 aliphatic heterocycles. The Morgan fingerprint density at radius 2 is 2.08 bits per heavy atom. The van der Waals surface area contributed by atoms with E-state index in [0.29, 0.717) is 19.6 Å². The lowest BCUT2D eigenvalue weighted by Gasteiger charge is -1.99. The van der Waals surface area contributed by atoms with Crippen LogP contribution in [0.2, 0.25) is 0 Å². The number of esters is 1. The van der Waals surface area contributed by atoms with E-state index in [0.717, 1.165) is 0 Å². The molecule has 0 aromatic heterocycles. The Morgan fingerprint density at radius 1 is 1.42 bits per heavy atom. The van der Waals surface area contributed by atoms with E-state index < -0.39 is 12.1 Å². The first-order chi connectivity index (χ1) is 5.66. The maximum absolute atomic E-state index is 10.6. The van der Waals surface area contributed by atoms with E-state index in [1.54, 1.807) is 0 Å². The number of rotatable bonds is 5. The molecule has 0 aromatic rings. The van der Waals surface area contributed by atoms with Crippen molar-refractivity contribution in [2.24, 2.45) is 5.73 Å². The van der Waals surface area contributed by atoms with Crippen LogP contribution in [-0.4, -0.2) is 25.3 Å². The summed E-state index contributed by atoms with van der Waals surface area (Å²) < 4.78 is 9.04. The lowest BCUT2D eigenvalue weighted by molar-refractivity contribution is -0.137. The summed E-state index contributed by atoms with van der Waals surface area (Å²) >= 11 is 0. The zero-order chi connectivity index (χ0) is 9.40. The fourth-order valence-electron chi connectivity index (χ4n) is 0.626. The zero-order valence-corrected chi connectivity index (χ0v) is 7.04. The van der Waals surface area contributed by atoms with Gasteiger partial charge in [0.1, 0.15) is 0 Å². The minimum atomic E-state index is -1.06. The van der Waals surface area contributed by atoms with Gasteiger partial charge in [0.25, 0.3) is 0 Å². The smallest absolute Gasteiger partial charge is 0.382 e. The summed E-state index contributed by atoms with van der Waals surface area (Å²) in [7, 11) is 0. The average Bonchev–Trinajstić information content (AvgIpc) is 1.97. The summed E-state index contributed by atoms with van der Waals surface area (Å²) in [5.41, 5.74) is 4.61. The monoisotopic (exact) mass is 175 g/mol. The first kappa shape index (κ1) is 10.9. The van der Waals surface area contributed by atoms with Crippen LogP contribution < -0.4 is 5.73 Å². The maximum atomic E-state index is 10.6. The summed E-state index contributed by atoms with van der Waals surface area (Å²) in [4.78, 5) is 20.7. The van der Waals surface area contributed by atoms with Crippen LogP contribution >= 0.6 is 0 Å². The van der Waals surface area contributed by atoms with Crippen LogP contribution in [0.3, 0.4) is 0 Å².